The fourth-order valence-corrected chi connectivity index (χ4v) is 9.62. The smallest absolute Gasteiger partial charge is 0.159 e. The summed E-state index contributed by atoms with van der Waals surface area (Å²) in [6.07, 6.45) is 0. The van der Waals surface area contributed by atoms with E-state index in [2.05, 4.69) is 195 Å². The molecule has 0 atom stereocenters. The maximum Gasteiger partial charge on any atom is 0.159 e. The van der Waals surface area contributed by atoms with Gasteiger partial charge in [-0.15, -0.1) is 0 Å². The second-order valence-electron chi connectivity index (χ2n) is 16.1. The predicted molar refractivity (Wildman–Crippen MR) is 242 cm³/mol. The molecule has 0 N–H and O–H groups in total. The van der Waals surface area contributed by atoms with E-state index >= 15 is 0 Å². The number of nitrogens with zero attached hydrogens (tertiary/aromatic N) is 1. The van der Waals surface area contributed by atoms with Crippen molar-refractivity contribution >= 4 is 71.7 Å². The minimum Gasteiger partial charge on any atom is -0.455 e. The first kappa shape index (κ1) is 32.8. The van der Waals surface area contributed by atoms with Crippen molar-refractivity contribution in [3.05, 3.63) is 199 Å². The largest absolute Gasteiger partial charge is 0.455 e. The molecule has 0 spiro atoms. The third kappa shape index (κ3) is 4.80. The zero-order valence-electron chi connectivity index (χ0n) is 32.2. The number of anilines is 3. The van der Waals surface area contributed by atoms with Crippen LogP contribution in [0.2, 0.25) is 0 Å². The summed E-state index contributed by atoms with van der Waals surface area (Å²) in [7, 11) is 0. The summed E-state index contributed by atoms with van der Waals surface area (Å²) in [6.45, 7) is 4.69. The van der Waals surface area contributed by atoms with Crippen molar-refractivity contribution in [2.75, 3.05) is 4.90 Å². The normalized spacial score (nSPS) is 13.1. The molecule has 9 aromatic carbocycles. The van der Waals surface area contributed by atoms with Crippen molar-refractivity contribution in [1.82, 2.24) is 0 Å². The van der Waals surface area contributed by atoms with Gasteiger partial charge in [0, 0.05) is 43.9 Å². The van der Waals surface area contributed by atoms with Crippen molar-refractivity contribution in [2.24, 2.45) is 0 Å². The van der Waals surface area contributed by atoms with E-state index < -0.39 is 0 Å². The fourth-order valence-electron chi connectivity index (χ4n) is 9.62. The summed E-state index contributed by atoms with van der Waals surface area (Å²) < 4.78 is 13.6. The number of hydrogen-bond donors (Lipinski definition) is 0. The Morgan fingerprint density at radius 3 is 1.93 bits per heavy atom. The highest BCUT2D eigenvalue weighted by atomic mass is 16.3. The van der Waals surface area contributed by atoms with E-state index in [1.54, 1.807) is 0 Å². The Morgan fingerprint density at radius 2 is 1.05 bits per heavy atom. The van der Waals surface area contributed by atoms with Gasteiger partial charge < -0.3 is 13.7 Å². The number of benzene rings is 9. The summed E-state index contributed by atoms with van der Waals surface area (Å²) >= 11 is 0. The lowest BCUT2D eigenvalue weighted by Crippen LogP contribution is -2.14. The van der Waals surface area contributed by atoms with Crippen LogP contribution >= 0.6 is 0 Å². The number of fused-ring (bicyclic) bond motifs is 10. The molecule has 0 saturated carbocycles. The predicted octanol–water partition coefficient (Wildman–Crippen LogP) is 15.7. The maximum atomic E-state index is 6.96. The van der Waals surface area contributed by atoms with Crippen LogP contribution in [0.3, 0.4) is 0 Å². The van der Waals surface area contributed by atoms with Gasteiger partial charge in [-0.25, -0.2) is 0 Å². The monoisotopic (exact) mass is 743 g/mol. The molecule has 11 aromatic rings. The highest BCUT2D eigenvalue weighted by Gasteiger charge is 2.35. The first-order chi connectivity index (χ1) is 28.5. The van der Waals surface area contributed by atoms with Gasteiger partial charge in [-0.05, 0) is 104 Å². The number of rotatable bonds is 5. The van der Waals surface area contributed by atoms with Crippen molar-refractivity contribution in [2.45, 2.75) is 19.3 Å². The zero-order valence-corrected chi connectivity index (χ0v) is 32.2. The third-order valence-corrected chi connectivity index (χ3v) is 12.5. The van der Waals surface area contributed by atoms with Gasteiger partial charge >= 0.3 is 0 Å². The molecule has 12 rings (SSSR count). The zero-order chi connectivity index (χ0) is 38.5. The van der Waals surface area contributed by atoms with Crippen LogP contribution in [0.4, 0.5) is 17.1 Å². The number of para-hydroxylation sites is 2. The van der Waals surface area contributed by atoms with Crippen LogP contribution in [0.25, 0.3) is 88.0 Å². The molecule has 274 valence electrons. The molecule has 0 unspecified atom stereocenters. The molecular weight excluding hydrogens is 707 g/mol. The standard InChI is InChI=1S/C55H37NO2/c1-55(2)47-20-10-8-17-41(47)42-29-25-37(32-48(42)55)52-40-16-7-6-15-36(40)31-46-45-33-39(28-30-51(45)58-54(46)52)56(38-26-23-35(24-27-38)34-13-4-3-5-14-34)49-21-12-19-44-43-18-9-11-22-50(43)57-53(44)49/h3-33H,1-2H3. The molecule has 0 bridgehead atoms. The van der Waals surface area contributed by atoms with E-state index in [-0.39, 0.29) is 5.41 Å². The Kier molecular flexibility index (Phi) is 6.98. The van der Waals surface area contributed by atoms with E-state index in [0.717, 1.165) is 72.1 Å². The van der Waals surface area contributed by atoms with Crippen molar-refractivity contribution < 1.29 is 8.83 Å². The maximum absolute atomic E-state index is 6.96. The van der Waals surface area contributed by atoms with Crippen LogP contribution in [-0.2, 0) is 5.41 Å². The van der Waals surface area contributed by atoms with Crippen LogP contribution < -0.4 is 4.90 Å². The lowest BCUT2D eigenvalue weighted by Gasteiger charge is -2.26. The van der Waals surface area contributed by atoms with E-state index in [1.165, 1.54) is 44.2 Å². The number of hydrogen-bond acceptors (Lipinski definition) is 3. The molecule has 2 heterocycles. The third-order valence-electron chi connectivity index (χ3n) is 12.5. The summed E-state index contributed by atoms with van der Waals surface area (Å²) in [5, 5.41) is 6.71. The Bertz CT molecular complexity index is 3420. The van der Waals surface area contributed by atoms with Gasteiger partial charge in [0.1, 0.15) is 16.7 Å². The minimum atomic E-state index is -0.111. The van der Waals surface area contributed by atoms with Crippen LogP contribution in [0.1, 0.15) is 25.0 Å². The van der Waals surface area contributed by atoms with Gasteiger partial charge in [0.25, 0.3) is 0 Å². The van der Waals surface area contributed by atoms with Gasteiger partial charge in [-0.2, -0.15) is 0 Å². The van der Waals surface area contributed by atoms with E-state index in [4.69, 9.17) is 8.83 Å². The lowest BCUT2D eigenvalue weighted by molar-refractivity contribution is 0.660. The summed E-state index contributed by atoms with van der Waals surface area (Å²) in [6, 6.07) is 67.5. The van der Waals surface area contributed by atoms with E-state index in [1.807, 2.05) is 12.1 Å². The topological polar surface area (TPSA) is 29.5 Å². The molecule has 0 radical (unpaired) electrons. The van der Waals surface area contributed by atoms with Gasteiger partial charge in [0.15, 0.2) is 5.58 Å². The molecular formula is C55H37NO2. The fraction of sp³-hybridized carbons (Fsp3) is 0.0545. The molecule has 0 aliphatic heterocycles. The molecule has 1 aliphatic carbocycles. The molecule has 1 aliphatic rings. The highest BCUT2D eigenvalue weighted by molar-refractivity contribution is 6.19. The quantitative estimate of drug-likeness (QED) is 0.176. The molecule has 3 heteroatoms. The summed E-state index contributed by atoms with van der Waals surface area (Å²) in [5.41, 5.74) is 16.4. The van der Waals surface area contributed by atoms with Crippen LogP contribution in [0, 0.1) is 0 Å². The SMILES string of the molecule is CC1(C)c2ccccc2-c2ccc(-c3c4ccccc4cc4c3oc3ccc(N(c5ccc(-c6ccccc6)cc5)c5cccc6c5oc5ccccc56)cc34)cc21. The molecule has 3 nitrogen and oxygen atoms in total. The molecule has 58 heavy (non-hydrogen) atoms. The molecule has 0 saturated heterocycles. The summed E-state index contributed by atoms with van der Waals surface area (Å²) in [5.74, 6) is 0. The minimum absolute atomic E-state index is 0.111. The van der Waals surface area contributed by atoms with Gasteiger partial charge in [0.2, 0.25) is 0 Å². The van der Waals surface area contributed by atoms with Crippen molar-refractivity contribution in [1.29, 1.82) is 0 Å². The first-order valence-corrected chi connectivity index (χ1v) is 20.0. The Morgan fingerprint density at radius 1 is 0.397 bits per heavy atom. The van der Waals surface area contributed by atoms with Crippen molar-refractivity contribution in [3.8, 4) is 33.4 Å². The lowest BCUT2D eigenvalue weighted by atomic mass is 9.81. The van der Waals surface area contributed by atoms with Crippen molar-refractivity contribution in [3.63, 3.8) is 0 Å². The van der Waals surface area contributed by atoms with Gasteiger partial charge in [-0.1, -0.05) is 147 Å². The molecule has 0 fully saturated rings. The van der Waals surface area contributed by atoms with Crippen LogP contribution in [-0.4, -0.2) is 0 Å². The molecule has 2 aromatic heterocycles. The summed E-state index contributed by atoms with van der Waals surface area (Å²) in [4.78, 5) is 2.32. The van der Waals surface area contributed by atoms with E-state index in [9.17, 15) is 0 Å². The molecule has 0 amide bonds. The first-order valence-electron chi connectivity index (χ1n) is 20.0. The Labute approximate surface area is 336 Å². The highest BCUT2D eigenvalue weighted by Crippen LogP contribution is 2.51. The van der Waals surface area contributed by atoms with Crippen LogP contribution in [0.15, 0.2) is 197 Å². The van der Waals surface area contributed by atoms with E-state index in [0.29, 0.717) is 0 Å². The average Bonchev–Trinajstić information content (AvgIpc) is 3.91. The second-order valence-corrected chi connectivity index (χ2v) is 16.1. The van der Waals surface area contributed by atoms with Gasteiger partial charge in [0.05, 0.1) is 5.69 Å². The Balaban J connectivity index is 1.08. The average molecular weight is 744 g/mol. The van der Waals surface area contributed by atoms with Crippen LogP contribution in [0.5, 0.6) is 0 Å². The van der Waals surface area contributed by atoms with Gasteiger partial charge in [-0.3, -0.25) is 0 Å². The number of furan rings is 2. The Hall–Kier alpha value is -7.36. The second kappa shape index (κ2) is 12.3.